The molecule has 1 aromatic carbocycles. The van der Waals surface area contributed by atoms with Gasteiger partial charge in [-0.15, -0.1) is 0 Å². The van der Waals surface area contributed by atoms with Gasteiger partial charge in [0.15, 0.2) is 0 Å². The number of hydrogen-bond acceptors (Lipinski definition) is 3. The number of nitrogens with zero attached hydrogens (tertiary/aromatic N) is 1. The summed E-state index contributed by atoms with van der Waals surface area (Å²) in [5, 5.41) is 0.555. The van der Waals surface area contributed by atoms with Gasteiger partial charge in [-0.1, -0.05) is 19.9 Å². The standard InChI is InChI=1S/C15H20ClNO3S/c1-11(2)6-5-9-17-10-14(21(16,18)19)15-12(17)7-4-8-13(15)20-3/h4,7-8,10-11H,5-6,9H2,1-3H3. The van der Waals surface area contributed by atoms with Crippen LogP contribution in [0.3, 0.4) is 0 Å². The second kappa shape index (κ2) is 6.28. The van der Waals surface area contributed by atoms with E-state index in [1.165, 1.54) is 7.11 Å². The second-order valence-electron chi connectivity index (χ2n) is 5.52. The number of fused-ring (bicyclic) bond motifs is 1. The number of ether oxygens (including phenoxy) is 1. The van der Waals surface area contributed by atoms with Gasteiger partial charge in [-0.05, 0) is 30.9 Å². The molecule has 0 bridgehead atoms. The van der Waals surface area contributed by atoms with E-state index in [0.717, 1.165) is 24.9 Å². The molecule has 116 valence electrons. The number of methoxy groups -OCH3 is 1. The molecule has 0 amide bonds. The topological polar surface area (TPSA) is 48.3 Å². The van der Waals surface area contributed by atoms with E-state index in [1.807, 2.05) is 16.7 Å². The van der Waals surface area contributed by atoms with Gasteiger partial charge in [0, 0.05) is 23.4 Å². The van der Waals surface area contributed by atoms with Crippen LogP contribution >= 0.6 is 10.7 Å². The van der Waals surface area contributed by atoms with E-state index in [9.17, 15) is 8.42 Å². The normalized spacial score (nSPS) is 12.2. The van der Waals surface area contributed by atoms with Crippen molar-refractivity contribution in [3.63, 3.8) is 0 Å². The van der Waals surface area contributed by atoms with Gasteiger partial charge < -0.3 is 9.30 Å². The molecule has 4 nitrogen and oxygen atoms in total. The fraction of sp³-hybridized carbons (Fsp3) is 0.467. The van der Waals surface area contributed by atoms with Gasteiger partial charge in [0.1, 0.15) is 10.6 Å². The Kier molecular flexibility index (Phi) is 4.84. The van der Waals surface area contributed by atoms with Gasteiger partial charge in [0.25, 0.3) is 9.05 Å². The van der Waals surface area contributed by atoms with Crippen LogP contribution in [0.1, 0.15) is 26.7 Å². The van der Waals surface area contributed by atoms with Crippen LogP contribution < -0.4 is 4.74 Å². The summed E-state index contributed by atoms with van der Waals surface area (Å²) in [4.78, 5) is 0.112. The molecule has 0 fully saturated rings. The third kappa shape index (κ3) is 3.52. The van der Waals surface area contributed by atoms with Gasteiger partial charge in [-0.3, -0.25) is 0 Å². The van der Waals surface area contributed by atoms with Crippen LogP contribution in [0.2, 0.25) is 0 Å². The molecule has 2 aromatic rings. The average molecular weight is 330 g/mol. The third-order valence-electron chi connectivity index (χ3n) is 3.50. The van der Waals surface area contributed by atoms with Crippen molar-refractivity contribution in [3.05, 3.63) is 24.4 Å². The molecule has 1 heterocycles. The van der Waals surface area contributed by atoms with Crippen molar-refractivity contribution < 1.29 is 13.2 Å². The maximum Gasteiger partial charge on any atom is 0.263 e. The summed E-state index contributed by atoms with van der Waals surface area (Å²) in [7, 11) is 3.28. The zero-order chi connectivity index (χ0) is 15.6. The summed E-state index contributed by atoms with van der Waals surface area (Å²) in [6.45, 7) is 5.10. The van der Waals surface area contributed by atoms with E-state index in [1.54, 1.807) is 12.3 Å². The average Bonchev–Trinajstić information content (AvgIpc) is 2.77. The van der Waals surface area contributed by atoms with E-state index in [-0.39, 0.29) is 4.90 Å². The van der Waals surface area contributed by atoms with Crippen LogP contribution in [-0.2, 0) is 15.6 Å². The van der Waals surface area contributed by atoms with E-state index in [4.69, 9.17) is 15.4 Å². The summed E-state index contributed by atoms with van der Waals surface area (Å²) in [6, 6.07) is 5.48. The fourth-order valence-corrected chi connectivity index (χ4v) is 3.55. The molecular formula is C15H20ClNO3S. The Morgan fingerprint density at radius 2 is 2.05 bits per heavy atom. The van der Waals surface area contributed by atoms with Crippen molar-refractivity contribution in [2.45, 2.75) is 38.1 Å². The highest BCUT2D eigenvalue weighted by atomic mass is 35.7. The highest BCUT2D eigenvalue weighted by Crippen LogP contribution is 2.35. The molecule has 0 aliphatic rings. The van der Waals surface area contributed by atoms with Crippen LogP contribution in [0.4, 0.5) is 0 Å². The molecule has 0 saturated carbocycles. The van der Waals surface area contributed by atoms with Crippen molar-refractivity contribution in [1.29, 1.82) is 0 Å². The molecule has 0 aliphatic carbocycles. The van der Waals surface area contributed by atoms with Gasteiger partial charge in [0.05, 0.1) is 18.0 Å². The number of rotatable bonds is 6. The Morgan fingerprint density at radius 3 is 2.62 bits per heavy atom. The van der Waals surface area contributed by atoms with Crippen LogP contribution in [0, 0.1) is 5.92 Å². The summed E-state index contributed by atoms with van der Waals surface area (Å²) in [5.41, 5.74) is 0.831. The summed E-state index contributed by atoms with van der Waals surface area (Å²) in [5.74, 6) is 1.15. The predicted octanol–water partition coefficient (Wildman–Crippen LogP) is 4.01. The molecule has 0 radical (unpaired) electrons. The van der Waals surface area contributed by atoms with Crippen molar-refractivity contribution >= 4 is 30.6 Å². The Balaban J connectivity index is 2.53. The van der Waals surface area contributed by atoms with Gasteiger partial charge >= 0.3 is 0 Å². The van der Waals surface area contributed by atoms with Crippen molar-refractivity contribution in [3.8, 4) is 5.75 Å². The van der Waals surface area contributed by atoms with E-state index in [2.05, 4.69) is 13.8 Å². The van der Waals surface area contributed by atoms with Crippen molar-refractivity contribution in [2.75, 3.05) is 7.11 Å². The van der Waals surface area contributed by atoms with Crippen LogP contribution in [0.25, 0.3) is 10.9 Å². The monoisotopic (exact) mass is 329 g/mol. The lowest BCUT2D eigenvalue weighted by Gasteiger charge is -2.08. The van der Waals surface area contributed by atoms with E-state index in [0.29, 0.717) is 17.1 Å². The molecule has 6 heteroatoms. The zero-order valence-corrected chi connectivity index (χ0v) is 14.0. The highest BCUT2D eigenvalue weighted by Gasteiger charge is 2.21. The first-order chi connectivity index (χ1) is 9.84. The molecule has 0 spiro atoms. The summed E-state index contributed by atoms with van der Waals surface area (Å²) >= 11 is 0. The Morgan fingerprint density at radius 1 is 1.33 bits per heavy atom. The first-order valence-corrected chi connectivity index (χ1v) is 9.26. The van der Waals surface area contributed by atoms with Crippen LogP contribution in [-0.4, -0.2) is 20.1 Å². The molecule has 21 heavy (non-hydrogen) atoms. The smallest absolute Gasteiger partial charge is 0.263 e. The number of aromatic nitrogens is 1. The van der Waals surface area contributed by atoms with Crippen molar-refractivity contribution in [2.24, 2.45) is 5.92 Å². The molecule has 1 aromatic heterocycles. The fourth-order valence-electron chi connectivity index (χ4n) is 2.49. The largest absolute Gasteiger partial charge is 0.496 e. The highest BCUT2D eigenvalue weighted by molar-refractivity contribution is 8.14. The third-order valence-corrected chi connectivity index (χ3v) is 4.83. The van der Waals surface area contributed by atoms with Gasteiger partial charge in [-0.2, -0.15) is 0 Å². The second-order valence-corrected chi connectivity index (χ2v) is 8.05. The molecular weight excluding hydrogens is 310 g/mol. The maximum absolute atomic E-state index is 11.8. The lowest BCUT2D eigenvalue weighted by molar-refractivity contribution is 0.419. The van der Waals surface area contributed by atoms with E-state index >= 15 is 0 Å². The number of aryl methyl sites for hydroxylation is 1. The molecule has 0 aliphatic heterocycles. The van der Waals surface area contributed by atoms with Crippen molar-refractivity contribution in [1.82, 2.24) is 4.57 Å². The molecule has 0 saturated heterocycles. The zero-order valence-electron chi connectivity index (χ0n) is 12.5. The molecule has 0 unspecified atom stereocenters. The lowest BCUT2D eigenvalue weighted by atomic mass is 10.1. The minimum atomic E-state index is -3.81. The molecule has 0 atom stereocenters. The summed E-state index contributed by atoms with van der Waals surface area (Å²) in [6.07, 6.45) is 3.68. The Labute approximate surface area is 130 Å². The van der Waals surface area contributed by atoms with Gasteiger partial charge in [-0.25, -0.2) is 8.42 Å². The SMILES string of the molecule is COc1cccc2c1c(S(=O)(=O)Cl)cn2CCCC(C)C. The van der Waals surface area contributed by atoms with Crippen LogP contribution in [0.15, 0.2) is 29.3 Å². The van der Waals surface area contributed by atoms with E-state index < -0.39 is 9.05 Å². The Hall–Kier alpha value is -1.20. The maximum atomic E-state index is 11.8. The lowest BCUT2D eigenvalue weighted by Crippen LogP contribution is -1.98. The minimum Gasteiger partial charge on any atom is -0.496 e. The molecule has 2 rings (SSSR count). The van der Waals surface area contributed by atoms with Crippen LogP contribution in [0.5, 0.6) is 5.75 Å². The number of hydrogen-bond donors (Lipinski definition) is 0. The quantitative estimate of drug-likeness (QED) is 0.752. The Bertz CT molecular complexity index is 735. The number of benzene rings is 1. The van der Waals surface area contributed by atoms with Gasteiger partial charge in [0.2, 0.25) is 0 Å². The predicted molar refractivity (Wildman–Crippen MR) is 85.6 cm³/mol. The first kappa shape index (κ1) is 16.2. The number of halogens is 1. The summed E-state index contributed by atoms with van der Waals surface area (Å²) < 4.78 is 30.8. The molecule has 0 N–H and O–H groups in total. The minimum absolute atomic E-state index is 0.112. The first-order valence-electron chi connectivity index (χ1n) is 6.95.